The second-order valence-electron chi connectivity index (χ2n) is 9.16. The minimum absolute atomic E-state index is 0.0293. The highest BCUT2D eigenvalue weighted by atomic mass is 32.1. The zero-order valence-electron chi connectivity index (χ0n) is 19.4. The minimum atomic E-state index is -1.26. The minimum Gasteiger partial charge on any atom is -0.399 e. The zero-order valence-corrected chi connectivity index (χ0v) is 20.2. The number of carbonyl (C=O) groups is 3. The van der Waals surface area contributed by atoms with Crippen molar-refractivity contribution < 1.29 is 23.9 Å². The fourth-order valence-corrected chi connectivity index (χ4v) is 5.00. The Kier molecular flexibility index (Phi) is 6.39. The molecule has 2 fully saturated rings. The largest absolute Gasteiger partial charge is 0.414 e. The van der Waals surface area contributed by atoms with Crippen molar-refractivity contribution in [1.82, 2.24) is 5.32 Å². The van der Waals surface area contributed by atoms with Gasteiger partial charge in [-0.2, -0.15) is 0 Å². The standard InChI is InChI=1S/C25H27N3O5S/c1-5-18-7-9-21(34-18)33-23(31)27-25(12-13-32-15-25)22(30)26-17-6-8-19(16(2)14-17)28-20(29)10-11-24(28,3)4/h1,6-9,14H,10-13,15H2,2-4H3,(H,26,30)(H,27,31). The van der Waals surface area contributed by atoms with Crippen molar-refractivity contribution in [3.63, 3.8) is 0 Å². The predicted molar refractivity (Wildman–Crippen MR) is 130 cm³/mol. The van der Waals surface area contributed by atoms with Gasteiger partial charge in [-0.3, -0.25) is 9.59 Å². The quantitative estimate of drug-likeness (QED) is 0.633. The van der Waals surface area contributed by atoms with Crippen molar-refractivity contribution >= 4 is 40.6 Å². The van der Waals surface area contributed by atoms with Gasteiger partial charge in [0.05, 0.1) is 11.5 Å². The number of nitrogens with zero attached hydrogens (tertiary/aromatic N) is 1. The van der Waals surface area contributed by atoms with Crippen molar-refractivity contribution in [2.75, 3.05) is 23.4 Å². The molecule has 9 heteroatoms. The molecule has 2 N–H and O–H groups in total. The SMILES string of the molecule is C#Cc1ccc(OC(=O)NC2(C(=O)Nc3ccc(N4C(=O)CCC4(C)C)c(C)c3)CCOC2)s1. The number of nitrogens with one attached hydrogen (secondary N) is 2. The molecule has 34 heavy (non-hydrogen) atoms. The van der Waals surface area contributed by atoms with Crippen LogP contribution in [0.15, 0.2) is 30.3 Å². The Hall–Kier alpha value is -3.35. The Bertz CT molecular complexity index is 1170. The van der Waals surface area contributed by atoms with Gasteiger partial charge < -0.3 is 25.0 Å². The highest BCUT2D eigenvalue weighted by Gasteiger charge is 2.45. The Morgan fingerprint density at radius 1 is 1.24 bits per heavy atom. The summed E-state index contributed by atoms with van der Waals surface area (Å²) in [6.07, 6.45) is 6.21. The molecule has 178 valence electrons. The Labute approximate surface area is 202 Å². The number of anilines is 2. The maximum absolute atomic E-state index is 13.2. The third-order valence-corrected chi connectivity index (χ3v) is 7.11. The number of hydrogen-bond donors (Lipinski definition) is 2. The summed E-state index contributed by atoms with van der Waals surface area (Å²) in [7, 11) is 0. The number of rotatable bonds is 5. The van der Waals surface area contributed by atoms with E-state index in [1.54, 1.807) is 18.2 Å². The fraction of sp³-hybridized carbons (Fsp3) is 0.400. The van der Waals surface area contributed by atoms with Crippen LogP contribution in [0.2, 0.25) is 0 Å². The molecule has 2 aromatic rings. The van der Waals surface area contributed by atoms with Gasteiger partial charge in [0.25, 0.3) is 5.91 Å². The molecule has 0 bridgehead atoms. The topological polar surface area (TPSA) is 97.0 Å². The van der Waals surface area contributed by atoms with Crippen LogP contribution in [0.4, 0.5) is 16.2 Å². The fourth-order valence-electron chi connectivity index (χ4n) is 4.33. The maximum Gasteiger partial charge on any atom is 0.414 e. The van der Waals surface area contributed by atoms with Gasteiger partial charge in [-0.05, 0) is 63.1 Å². The lowest BCUT2D eigenvalue weighted by atomic mass is 9.97. The van der Waals surface area contributed by atoms with E-state index < -0.39 is 17.5 Å². The molecule has 2 aliphatic heterocycles. The molecule has 2 saturated heterocycles. The van der Waals surface area contributed by atoms with E-state index in [1.165, 1.54) is 0 Å². The van der Waals surface area contributed by atoms with Crippen LogP contribution in [-0.2, 0) is 14.3 Å². The number of benzene rings is 1. The first-order chi connectivity index (χ1) is 16.1. The molecule has 2 aliphatic rings. The third kappa shape index (κ3) is 4.65. The smallest absolute Gasteiger partial charge is 0.399 e. The van der Waals surface area contributed by atoms with Crippen LogP contribution in [0.1, 0.15) is 43.6 Å². The number of terminal acetylenes is 1. The van der Waals surface area contributed by atoms with Gasteiger partial charge in [0.15, 0.2) is 5.06 Å². The first kappa shape index (κ1) is 23.8. The molecular weight excluding hydrogens is 454 g/mol. The highest BCUT2D eigenvalue weighted by molar-refractivity contribution is 7.14. The molecule has 0 radical (unpaired) electrons. The maximum atomic E-state index is 13.2. The molecular formula is C25H27N3O5S. The van der Waals surface area contributed by atoms with Gasteiger partial charge in [-0.1, -0.05) is 17.3 Å². The van der Waals surface area contributed by atoms with Crippen molar-refractivity contribution in [3.05, 3.63) is 40.8 Å². The molecule has 0 spiro atoms. The van der Waals surface area contributed by atoms with Crippen LogP contribution < -0.4 is 20.3 Å². The summed E-state index contributed by atoms with van der Waals surface area (Å²) in [6.45, 7) is 6.36. The number of ether oxygens (including phenoxy) is 2. The first-order valence-electron chi connectivity index (χ1n) is 11.0. The van der Waals surface area contributed by atoms with E-state index >= 15 is 0 Å². The number of thiophene rings is 1. The molecule has 8 nitrogen and oxygen atoms in total. The summed E-state index contributed by atoms with van der Waals surface area (Å²) in [4.78, 5) is 40.7. The van der Waals surface area contributed by atoms with Crippen molar-refractivity contribution in [1.29, 1.82) is 0 Å². The van der Waals surface area contributed by atoms with Gasteiger partial charge in [0.2, 0.25) is 5.91 Å². The van der Waals surface area contributed by atoms with E-state index in [9.17, 15) is 14.4 Å². The van der Waals surface area contributed by atoms with E-state index in [2.05, 4.69) is 16.6 Å². The van der Waals surface area contributed by atoms with Crippen molar-refractivity contribution in [3.8, 4) is 17.4 Å². The monoisotopic (exact) mass is 481 g/mol. The average Bonchev–Trinajstić information content (AvgIpc) is 3.49. The summed E-state index contributed by atoms with van der Waals surface area (Å²) in [5.74, 6) is 2.17. The van der Waals surface area contributed by atoms with E-state index in [4.69, 9.17) is 15.9 Å². The molecule has 3 amide bonds. The molecule has 1 atom stereocenters. The molecule has 1 unspecified atom stereocenters. The molecule has 1 aromatic carbocycles. The first-order valence-corrected chi connectivity index (χ1v) is 11.8. The van der Waals surface area contributed by atoms with E-state index in [0.29, 0.717) is 35.1 Å². The van der Waals surface area contributed by atoms with Crippen LogP contribution in [0.25, 0.3) is 0 Å². The van der Waals surface area contributed by atoms with Gasteiger partial charge in [0.1, 0.15) is 5.54 Å². The summed E-state index contributed by atoms with van der Waals surface area (Å²) in [5.41, 5.74) is 0.740. The van der Waals surface area contributed by atoms with Gasteiger partial charge in [0, 0.05) is 36.4 Å². The Balaban J connectivity index is 1.47. The zero-order chi connectivity index (χ0) is 24.5. The molecule has 4 rings (SSSR count). The molecule has 3 heterocycles. The van der Waals surface area contributed by atoms with Crippen molar-refractivity contribution in [2.24, 2.45) is 0 Å². The van der Waals surface area contributed by atoms with Gasteiger partial charge in [-0.25, -0.2) is 4.79 Å². The Morgan fingerprint density at radius 2 is 2.03 bits per heavy atom. The highest BCUT2D eigenvalue weighted by Crippen LogP contribution is 2.37. The summed E-state index contributed by atoms with van der Waals surface area (Å²) in [5, 5.41) is 5.90. The lowest BCUT2D eigenvalue weighted by Crippen LogP contribution is -2.58. The molecule has 0 saturated carbocycles. The lowest BCUT2D eigenvalue weighted by molar-refractivity contribution is -0.122. The summed E-state index contributed by atoms with van der Waals surface area (Å²) < 4.78 is 10.7. The number of aryl methyl sites for hydroxylation is 1. The Morgan fingerprint density at radius 3 is 2.62 bits per heavy atom. The second kappa shape index (κ2) is 9.12. The van der Waals surface area contributed by atoms with Crippen LogP contribution in [0.3, 0.4) is 0 Å². The van der Waals surface area contributed by atoms with E-state index in [-0.39, 0.29) is 18.1 Å². The van der Waals surface area contributed by atoms with Crippen LogP contribution in [-0.4, -0.2) is 42.2 Å². The van der Waals surface area contributed by atoms with Crippen LogP contribution in [0, 0.1) is 19.3 Å². The van der Waals surface area contributed by atoms with Gasteiger partial charge in [-0.15, -0.1) is 6.42 Å². The second-order valence-corrected chi connectivity index (χ2v) is 10.2. The summed E-state index contributed by atoms with van der Waals surface area (Å²) in [6, 6.07) is 8.71. The lowest BCUT2D eigenvalue weighted by Gasteiger charge is -2.33. The molecule has 1 aromatic heterocycles. The molecule has 0 aliphatic carbocycles. The van der Waals surface area contributed by atoms with E-state index in [1.807, 2.05) is 37.8 Å². The number of amides is 3. The van der Waals surface area contributed by atoms with Gasteiger partial charge >= 0.3 is 6.09 Å². The average molecular weight is 482 g/mol. The van der Waals surface area contributed by atoms with Crippen molar-refractivity contribution in [2.45, 2.75) is 51.1 Å². The van der Waals surface area contributed by atoms with E-state index in [0.717, 1.165) is 29.0 Å². The predicted octanol–water partition coefficient (Wildman–Crippen LogP) is 3.83. The van der Waals surface area contributed by atoms with Crippen LogP contribution >= 0.6 is 11.3 Å². The summed E-state index contributed by atoms with van der Waals surface area (Å²) >= 11 is 1.16. The third-order valence-electron chi connectivity index (χ3n) is 6.22. The van der Waals surface area contributed by atoms with Crippen LogP contribution in [0.5, 0.6) is 5.06 Å². The normalized spacial score (nSPS) is 21.2. The number of carbonyl (C=O) groups excluding carboxylic acids is 3. The number of hydrogen-bond acceptors (Lipinski definition) is 6.